The van der Waals surface area contributed by atoms with Crippen LogP contribution in [0.15, 0.2) is 0 Å². The van der Waals surface area contributed by atoms with Crippen LogP contribution in [0.25, 0.3) is 0 Å². The molecule has 4 atom stereocenters. The first-order valence-electron chi connectivity index (χ1n) is 6.41. The molecule has 0 saturated heterocycles. The zero-order valence-corrected chi connectivity index (χ0v) is 10.6. The highest BCUT2D eigenvalue weighted by atomic mass is 16.1. The van der Waals surface area contributed by atoms with Gasteiger partial charge in [0.05, 0.1) is 0 Å². The minimum absolute atomic E-state index is 0.286. The van der Waals surface area contributed by atoms with E-state index in [0.717, 1.165) is 31.1 Å². The SMILES string of the molecule is CC1CC[C@@]2(C)CC(=O)CCC2(C)C1C. The molecule has 3 unspecified atom stereocenters. The minimum atomic E-state index is 0.286. The van der Waals surface area contributed by atoms with E-state index < -0.39 is 0 Å². The molecule has 0 aromatic carbocycles. The van der Waals surface area contributed by atoms with Gasteiger partial charge in [-0.15, -0.1) is 0 Å². The Hall–Kier alpha value is -0.330. The van der Waals surface area contributed by atoms with Crippen LogP contribution in [0.1, 0.15) is 59.8 Å². The lowest BCUT2D eigenvalue weighted by molar-refractivity contribution is -0.141. The van der Waals surface area contributed by atoms with Gasteiger partial charge in [0.1, 0.15) is 5.78 Å². The molecule has 1 nitrogen and oxygen atoms in total. The molecule has 1 heteroatoms. The van der Waals surface area contributed by atoms with Gasteiger partial charge in [-0.25, -0.2) is 0 Å². The van der Waals surface area contributed by atoms with E-state index in [1.54, 1.807) is 0 Å². The van der Waals surface area contributed by atoms with Crippen LogP contribution in [0.5, 0.6) is 0 Å². The Balaban J connectivity index is 2.33. The van der Waals surface area contributed by atoms with Gasteiger partial charge >= 0.3 is 0 Å². The number of ketones is 1. The second-order valence-corrected chi connectivity index (χ2v) is 6.50. The van der Waals surface area contributed by atoms with E-state index in [9.17, 15) is 4.79 Å². The van der Waals surface area contributed by atoms with Gasteiger partial charge in [0.2, 0.25) is 0 Å². The van der Waals surface area contributed by atoms with Crippen molar-refractivity contribution in [2.75, 3.05) is 0 Å². The fourth-order valence-electron chi connectivity index (χ4n) is 4.00. The van der Waals surface area contributed by atoms with E-state index in [-0.39, 0.29) is 5.41 Å². The molecule has 86 valence electrons. The van der Waals surface area contributed by atoms with Crippen molar-refractivity contribution in [2.45, 2.75) is 59.8 Å². The zero-order chi connectivity index (χ0) is 11.3. The third-order valence-corrected chi connectivity index (χ3v) is 5.90. The summed E-state index contributed by atoms with van der Waals surface area (Å²) < 4.78 is 0. The molecule has 0 N–H and O–H groups in total. The number of Topliss-reactive ketones (excluding diaryl/α,β-unsaturated/α-hetero) is 1. The molecule has 0 aliphatic heterocycles. The summed E-state index contributed by atoms with van der Waals surface area (Å²) in [6.45, 7) is 9.57. The molecule has 2 aliphatic rings. The summed E-state index contributed by atoms with van der Waals surface area (Å²) in [6, 6.07) is 0. The van der Waals surface area contributed by atoms with Gasteiger partial charge in [0, 0.05) is 12.8 Å². The Labute approximate surface area is 93.6 Å². The summed E-state index contributed by atoms with van der Waals surface area (Å²) in [5.74, 6) is 2.09. The molecule has 0 amide bonds. The van der Waals surface area contributed by atoms with Crippen LogP contribution in [0.2, 0.25) is 0 Å². The van der Waals surface area contributed by atoms with Crippen molar-refractivity contribution < 1.29 is 4.79 Å². The van der Waals surface area contributed by atoms with Crippen LogP contribution in [-0.2, 0) is 4.79 Å². The Morgan fingerprint density at radius 3 is 2.53 bits per heavy atom. The molecule has 0 spiro atoms. The first kappa shape index (κ1) is 11.2. The Morgan fingerprint density at radius 1 is 1.20 bits per heavy atom. The summed E-state index contributed by atoms with van der Waals surface area (Å²) in [6.07, 6.45) is 5.33. The van der Waals surface area contributed by atoms with Gasteiger partial charge in [-0.1, -0.05) is 27.7 Å². The van der Waals surface area contributed by atoms with Crippen molar-refractivity contribution in [3.63, 3.8) is 0 Å². The number of carbonyl (C=O) groups is 1. The molecule has 0 aromatic rings. The maximum absolute atomic E-state index is 11.7. The largest absolute Gasteiger partial charge is 0.300 e. The van der Waals surface area contributed by atoms with E-state index in [0.29, 0.717) is 11.2 Å². The number of hydrogen-bond acceptors (Lipinski definition) is 1. The second-order valence-electron chi connectivity index (χ2n) is 6.50. The normalized spacial score (nSPS) is 51.3. The van der Waals surface area contributed by atoms with Crippen LogP contribution < -0.4 is 0 Å². The summed E-state index contributed by atoms with van der Waals surface area (Å²) in [7, 11) is 0. The lowest BCUT2D eigenvalue weighted by Gasteiger charge is -2.58. The van der Waals surface area contributed by atoms with E-state index in [4.69, 9.17) is 0 Å². The van der Waals surface area contributed by atoms with Crippen molar-refractivity contribution in [3.8, 4) is 0 Å². The van der Waals surface area contributed by atoms with Crippen molar-refractivity contribution in [1.29, 1.82) is 0 Å². The summed E-state index contributed by atoms with van der Waals surface area (Å²) in [5.41, 5.74) is 0.687. The van der Waals surface area contributed by atoms with Crippen molar-refractivity contribution in [2.24, 2.45) is 22.7 Å². The fraction of sp³-hybridized carbons (Fsp3) is 0.929. The van der Waals surface area contributed by atoms with Crippen molar-refractivity contribution in [3.05, 3.63) is 0 Å². The second kappa shape index (κ2) is 3.33. The van der Waals surface area contributed by atoms with E-state index in [1.807, 2.05) is 0 Å². The van der Waals surface area contributed by atoms with Gasteiger partial charge in [-0.3, -0.25) is 4.79 Å². The highest BCUT2D eigenvalue weighted by Crippen LogP contribution is 2.61. The van der Waals surface area contributed by atoms with Crippen LogP contribution in [0.4, 0.5) is 0 Å². The standard InChI is InChI=1S/C14H24O/c1-10-5-7-13(3)9-12(15)6-8-14(13,4)11(10)2/h10-11H,5-9H2,1-4H3/t10?,11?,13-,14?/m0/s1. The topological polar surface area (TPSA) is 17.1 Å². The van der Waals surface area contributed by atoms with Gasteiger partial charge < -0.3 is 0 Å². The predicted molar refractivity (Wildman–Crippen MR) is 62.6 cm³/mol. The molecule has 2 saturated carbocycles. The molecule has 15 heavy (non-hydrogen) atoms. The number of carbonyl (C=O) groups excluding carboxylic acids is 1. The third-order valence-electron chi connectivity index (χ3n) is 5.90. The molecule has 0 bridgehead atoms. The molecule has 0 heterocycles. The molecule has 2 aliphatic carbocycles. The molecule has 2 rings (SSSR count). The highest BCUT2D eigenvalue weighted by Gasteiger charge is 2.54. The lowest BCUT2D eigenvalue weighted by Crippen LogP contribution is -2.52. The summed E-state index contributed by atoms with van der Waals surface area (Å²) in [5, 5.41) is 0. The summed E-state index contributed by atoms with van der Waals surface area (Å²) >= 11 is 0. The molecular weight excluding hydrogens is 184 g/mol. The van der Waals surface area contributed by atoms with Crippen LogP contribution in [0.3, 0.4) is 0 Å². The van der Waals surface area contributed by atoms with E-state index in [2.05, 4.69) is 27.7 Å². The van der Waals surface area contributed by atoms with Gasteiger partial charge in [-0.05, 0) is 41.9 Å². The lowest BCUT2D eigenvalue weighted by atomic mass is 9.46. The number of hydrogen-bond donors (Lipinski definition) is 0. The highest BCUT2D eigenvalue weighted by molar-refractivity contribution is 5.80. The average Bonchev–Trinajstić information content (AvgIpc) is 2.18. The maximum atomic E-state index is 11.7. The maximum Gasteiger partial charge on any atom is 0.133 e. The van der Waals surface area contributed by atoms with Crippen LogP contribution in [0, 0.1) is 22.7 Å². The van der Waals surface area contributed by atoms with Crippen LogP contribution in [-0.4, -0.2) is 5.78 Å². The number of fused-ring (bicyclic) bond motifs is 1. The Bertz CT molecular complexity index is 283. The van der Waals surface area contributed by atoms with Gasteiger partial charge in [0.15, 0.2) is 0 Å². The van der Waals surface area contributed by atoms with E-state index >= 15 is 0 Å². The van der Waals surface area contributed by atoms with E-state index in [1.165, 1.54) is 12.8 Å². The zero-order valence-electron chi connectivity index (χ0n) is 10.6. The third kappa shape index (κ3) is 1.46. The Morgan fingerprint density at radius 2 is 1.87 bits per heavy atom. The quantitative estimate of drug-likeness (QED) is 0.591. The Kier molecular flexibility index (Phi) is 2.48. The number of rotatable bonds is 0. The minimum Gasteiger partial charge on any atom is -0.300 e. The summed E-state index contributed by atoms with van der Waals surface area (Å²) in [4.78, 5) is 11.7. The molecule has 0 radical (unpaired) electrons. The first-order chi connectivity index (χ1) is 6.89. The van der Waals surface area contributed by atoms with Crippen molar-refractivity contribution >= 4 is 5.78 Å². The van der Waals surface area contributed by atoms with Gasteiger partial charge in [-0.2, -0.15) is 0 Å². The smallest absolute Gasteiger partial charge is 0.133 e. The first-order valence-corrected chi connectivity index (χ1v) is 6.41. The molecular formula is C14H24O. The molecule has 2 fully saturated rings. The monoisotopic (exact) mass is 208 g/mol. The average molecular weight is 208 g/mol. The van der Waals surface area contributed by atoms with Gasteiger partial charge in [0.25, 0.3) is 0 Å². The fourth-order valence-corrected chi connectivity index (χ4v) is 4.00. The predicted octanol–water partition coefficient (Wildman–Crippen LogP) is 3.82. The molecule has 0 aromatic heterocycles. The van der Waals surface area contributed by atoms with Crippen molar-refractivity contribution in [1.82, 2.24) is 0 Å². The van der Waals surface area contributed by atoms with Crippen LogP contribution >= 0.6 is 0 Å².